The Morgan fingerprint density at radius 2 is 1.57 bits per heavy atom. The van der Waals surface area contributed by atoms with Gasteiger partial charge in [-0.3, -0.25) is 10.1 Å². The minimum Gasteiger partial charge on any atom is -0.497 e. The number of pyridine rings is 1. The molecule has 6 rings (SSSR count). The predicted octanol–water partition coefficient (Wildman–Crippen LogP) is 7.75. The van der Waals surface area contributed by atoms with E-state index < -0.39 is 0 Å². The van der Waals surface area contributed by atoms with Gasteiger partial charge < -0.3 is 4.74 Å². The van der Waals surface area contributed by atoms with Crippen LogP contribution < -0.4 is 10.1 Å². The summed E-state index contributed by atoms with van der Waals surface area (Å²) in [5, 5.41) is 8.68. The highest BCUT2D eigenvalue weighted by Crippen LogP contribution is 2.33. The number of nitrogens with zero attached hydrogens (tertiary/aromatic N) is 2. The average Bonchev–Trinajstić information content (AvgIpc) is 3.40. The molecule has 0 radical (unpaired) electrons. The van der Waals surface area contributed by atoms with Crippen molar-refractivity contribution in [2.45, 2.75) is 6.92 Å². The lowest BCUT2D eigenvalue weighted by Crippen LogP contribution is -2.15. The quantitative estimate of drug-likeness (QED) is 0.262. The SMILES string of the molecule is COc1ccc(-c2nc3ccccc3c(C(=O)Nc3nc(-c4cccc5ccccc45)cs3)c2C)cc1. The van der Waals surface area contributed by atoms with Crippen LogP contribution in [0.1, 0.15) is 15.9 Å². The Balaban J connectivity index is 1.38. The number of hydrogen-bond acceptors (Lipinski definition) is 5. The molecular formula is C31H23N3O2S. The van der Waals surface area contributed by atoms with Gasteiger partial charge in [-0.15, -0.1) is 11.3 Å². The van der Waals surface area contributed by atoms with Crippen LogP contribution in [0.5, 0.6) is 5.75 Å². The Hall–Kier alpha value is -4.55. The summed E-state index contributed by atoms with van der Waals surface area (Å²) in [6, 6.07) is 29.9. The second-order valence-electron chi connectivity index (χ2n) is 8.72. The van der Waals surface area contributed by atoms with Gasteiger partial charge in [0.15, 0.2) is 5.13 Å². The molecule has 2 heterocycles. The number of nitrogens with one attached hydrogen (secondary N) is 1. The third-order valence-electron chi connectivity index (χ3n) is 6.52. The molecule has 180 valence electrons. The number of methoxy groups -OCH3 is 1. The van der Waals surface area contributed by atoms with Gasteiger partial charge in [0.25, 0.3) is 5.91 Å². The molecule has 0 saturated carbocycles. The van der Waals surface area contributed by atoms with E-state index in [0.717, 1.165) is 55.5 Å². The molecular weight excluding hydrogens is 478 g/mol. The molecule has 6 heteroatoms. The number of ether oxygens (including phenoxy) is 1. The Bertz CT molecular complexity index is 1770. The van der Waals surface area contributed by atoms with E-state index in [9.17, 15) is 4.79 Å². The van der Waals surface area contributed by atoms with Crippen molar-refractivity contribution in [2.75, 3.05) is 12.4 Å². The smallest absolute Gasteiger partial charge is 0.258 e. The lowest BCUT2D eigenvalue weighted by atomic mass is 9.97. The highest BCUT2D eigenvalue weighted by atomic mass is 32.1. The van der Waals surface area contributed by atoms with E-state index in [4.69, 9.17) is 14.7 Å². The van der Waals surface area contributed by atoms with Gasteiger partial charge in [0.2, 0.25) is 0 Å². The van der Waals surface area contributed by atoms with Gasteiger partial charge in [-0.25, -0.2) is 9.97 Å². The number of amides is 1. The maximum Gasteiger partial charge on any atom is 0.258 e. The number of fused-ring (bicyclic) bond motifs is 2. The third-order valence-corrected chi connectivity index (χ3v) is 7.27. The lowest BCUT2D eigenvalue weighted by Gasteiger charge is -2.14. The topological polar surface area (TPSA) is 64.1 Å². The standard InChI is InChI=1S/C31H23N3O2S/c1-19-28(25-11-5-6-13-26(25)32-29(19)21-14-16-22(36-2)17-15-21)30(35)34-31-33-27(18-37-31)24-12-7-9-20-8-3-4-10-23(20)24/h3-18H,1-2H3,(H,33,34,35). The number of carbonyl (C=O) groups is 1. The van der Waals surface area contributed by atoms with Crippen LogP contribution in [-0.4, -0.2) is 23.0 Å². The lowest BCUT2D eigenvalue weighted by molar-refractivity contribution is 0.102. The number of benzene rings is 4. The van der Waals surface area contributed by atoms with Crippen LogP contribution >= 0.6 is 11.3 Å². The highest BCUT2D eigenvalue weighted by Gasteiger charge is 2.20. The summed E-state index contributed by atoms with van der Waals surface area (Å²) in [5.41, 5.74) is 5.74. The van der Waals surface area contributed by atoms with E-state index in [1.165, 1.54) is 11.3 Å². The van der Waals surface area contributed by atoms with E-state index in [1.54, 1.807) is 7.11 Å². The zero-order valence-electron chi connectivity index (χ0n) is 20.4. The minimum atomic E-state index is -0.204. The van der Waals surface area contributed by atoms with Crippen molar-refractivity contribution in [3.63, 3.8) is 0 Å². The number of hydrogen-bond donors (Lipinski definition) is 1. The van der Waals surface area contributed by atoms with Crippen LogP contribution in [0.2, 0.25) is 0 Å². The first-order valence-electron chi connectivity index (χ1n) is 11.9. The van der Waals surface area contributed by atoms with E-state index in [0.29, 0.717) is 10.7 Å². The van der Waals surface area contributed by atoms with Gasteiger partial charge in [-0.1, -0.05) is 60.7 Å². The maximum atomic E-state index is 13.7. The molecule has 4 aromatic carbocycles. The molecule has 5 nitrogen and oxygen atoms in total. The van der Waals surface area contributed by atoms with Crippen molar-refractivity contribution in [2.24, 2.45) is 0 Å². The number of thiazole rings is 1. The van der Waals surface area contributed by atoms with E-state index in [-0.39, 0.29) is 5.91 Å². The molecule has 0 spiro atoms. The second kappa shape index (κ2) is 9.48. The second-order valence-corrected chi connectivity index (χ2v) is 9.58. The number of carbonyl (C=O) groups excluding carboxylic acids is 1. The number of anilines is 1. The van der Waals surface area contributed by atoms with Crippen molar-refractivity contribution < 1.29 is 9.53 Å². The predicted molar refractivity (Wildman–Crippen MR) is 151 cm³/mol. The summed E-state index contributed by atoms with van der Waals surface area (Å²) in [6.45, 7) is 1.94. The van der Waals surface area contributed by atoms with Crippen LogP contribution in [0, 0.1) is 6.92 Å². The Labute approximate surface area is 218 Å². The van der Waals surface area contributed by atoms with Gasteiger partial charge >= 0.3 is 0 Å². The van der Waals surface area contributed by atoms with E-state index >= 15 is 0 Å². The maximum absolute atomic E-state index is 13.7. The van der Waals surface area contributed by atoms with Crippen molar-refractivity contribution in [1.29, 1.82) is 0 Å². The van der Waals surface area contributed by atoms with Gasteiger partial charge in [0, 0.05) is 21.9 Å². The molecule has 1 N–H and O–H groups in total. The van der Waals surface area contributed by atoms with Crippen LogP contribution in [0.15, 0.2) is 96.4 Å². The van der Waals surface area contributed by atoms with Gasteiger partial charge in [-0.05, 0) is 53.6 Å². The van der Waals surface area contributed by atoms with Crippen molar-refractivity contribution in [1.82, 2.24) is 9.97 Å². The van der Waals surface area contributed by atoms with Crippen LogP contribution in [0.25, 0.3) is 44.2 Å². The fourth-order valence-electron chi connectivity index (χ4n) is 4.69. The molecule has 6 aromatic rings. The molecule has 0 atom stereocenters. The Morgan fingerprint density at radius 3 is 2.38 bits per heavy atom. The van der Waals surface area contributed by atoms with Crippen LogP contribution in [-0.2, 0) is 0 Å². The fourth-order valence-corrected chi connectivity index (χ4v) is 5.40. The molecule has 37 heavy (non-hydrogen) atoms. The Kier molecular flexibility index (Phi) is 5.87. The highest BCUT2D eigenvalue weighted by molar-refractivity contribution is 7.14. The van der Waals surface area contributed by atoms with Gasteiger partial charge in [0.1, 0.15) is 5.75 Å². The molecule has 0 bridgehead atoms. The summed E-state index contributed by atoms with van der Waals surface area (Å²) in [4.78, 5) is 23.4. The van der Waals surface area contributed by atoms with Crippen LogP contribution in [0.3, 0.4) is 0 Å². The molecule has 0 saturated heterocycles. The van der Waals surface area contributed by atoms with Crippen molar-refractivity contribution in [3.8, 4) is 28.3 Å². The fraction of sp³-hybridized carbons (Fsp3) is 0.0645. The first-order valence-corrected chi connectivity index (χ1v) is 12.8. The molecule has 0 fully saturated rings. The summed E-state index contributed by atoms with van der Waals surface area (Å²) < 4.78 is 5.30. The minimum absolute atomic E-state index is 0.204. The molecule has 1 amide bonds. The number of aromatic nitrogens is 2. The summed E-state index contributed by atoms with van der Waals surface area (Å²) >= 11 is 1.42. The molecule has 0 unspecified atom stereocenters. The molecule has 0 aliphatic carbocycles. The van der Waals surface area contributed by atoms with Gasteiger partial charge in [-0.2, -0.15) is 0 Å². The van der Waals surface area contributed by atoms with E-state index in [1.807, 2.05) is 79.0 Å². The monoisotopic (exact) mass is 501 g/mol. The summed E-state index contributed by atoms with van der Waals surface area (Å²) in [5.74, 6) is 0.565. The van der Waals surface area contributed by atoms with Crippen LogP contribution in [0.4, 0.5) is 5.13 Å². The third kappa shape index (κ3) is 4.21. The van der Waals surface area contributed by atoms with E-state index in [2.05, 4.69) is 29.6 Å². The molecule has 0 aliphatic rings. The van der Waals surface area contributed by atoms with Crippen molar-refractivity contribution in [3.05, 3.63) is 108 Å². The zero-order chi connectivity index (χ0) is 25.4. The van der Waals surface area contributed by atoms with Crippen molar-refractivity contribution >= 4 is 44.1 Å². The zero-order valence-corrected chi connectivity index (χ0v) is 21.2. The number of rotatable bonds is 5. The largest absolute Gasteiger partial charge is 0.497 e. The first kappa shape index (κ1) is 22.9. The van der Waals surface area contributed by atoms with Gasteiger partial charge in [0.05, 0.1) is 29.6 Å². The summed E-state index contributed by atoms with van der Waals surface area (Å²) in [7, 11) is 1.64. The normalized spacial score (nSPS) is 11.1. The average molecular weight is 502 g/mol. The molecule has 0 aliphatic heterocycles. The molecule has 2 aromatic heterocycles. The summed E-state index contributed by atoms with van der Waals surface area (Å²) in [6.07, 6.45) is 0. The first-order chi connectivity index (χ1) is 18.1. The Morgan fingerprint density at radius 1 is 0.838 bits per heavy atom. The number of para-hydroxylation sites is 1.